The molecule has 0 unspecified atom stereocenters. The van der Waals surface area contributed by atoms with Gasteiger partial charge in [-0.05, 0) is 29.8 Å². The number of rotatable bonds is 6. The van der Waals surface area contributed by atoms with E-state index in [1.165, 1.54) is 0 Å². The van der Waals surface area contributed by atoms with Crippen LogP contribution < -0.4 is 10.2 Å². The normalized spacial score (nSPS) is 14.7. The molecule has 3 aromatic rings. The van der Waals surface area contributed by atoms with Gasteiger partial charge in [-0.1, -0.05) is 54.6 Å². The molecule has 158 valence electrons. The standard InChI is InChI=1S/C25H26N4O2/c30-24(29-17-15-28(16-18-29)23-13-7-8-14-26-23)19-22(20-9-3-1-4-10-20)27-25(31)21-11-5-2-6-12-21/h1-14,22H,15-19H2,(H,27,31)/t22-/m0/s1. The first-order valence-corrected chi connectivity index (χ1v) is 10.6. The van der Waals surface area contributed by atoms with Crippen molar-refractivity contribution in [2.24, 2.45) is 0 Å². The van der Waals surface area contributed by atoms with Gasteiger partial charge in [-0.15, -0.1) is 0 Å². The number of nitrogens with one attached hydrogen (secondary N) is 1. The summed E-state index contributed by atoms with van der Waals surface area (Å²) in [5.41, 5.74) is 1.51. The summed E-state index contributed by atoms with van der Waals surface area (Å²) in [7, 11) is 0. The second-order valence-corrected chi connectivity index (χ2v) is 7.56. The molecule has 31 heavy (non-hydrogen) atoms. The third-order valence-electron chi connectivity index (χ3n) is 5.53. The average Bonchev–Trinajstić information content (AvgIpc) is 2.85. The first kappa shape index (κ1) is 20.6. The van der Waals surface area contributed by atoms with Gasteiger partial charge in [-0.3, -0.25) is 9.59 Å². The Hall–Kier alpha value is -3.67. The van der Waals surface area contributed by atoms with Crippen LogP contribution in [-0.2, 0) is 4.79 Å². The van der Waals surface area contributed by atoms with Gasteiger partial charge in [0.2, 0.25) is 5.91 Å². The monoisotopic (exact) mass is 414 g/mol. The van der Waals surface area contributed by atoms with E-state index in [9.17, 15) is 9.59 Å². The van der Waals surface area contributed by atoms with E-state index in [4.69, 9.17) is 0 Å². The molecule has 1 aromatic heterocycles. The molecule has 1 aliphatic rings. The van der Waals surface area contributed by atoms with Crippen LogP contribution in [0.2, 0.25) is 0 Å². The molecule has 1 saturated heterocycles. The van der Waals surface area contributed by atoms with E-state index < -0.39 is 0 Å². The summed E-state index contributed by atoms with van der Waals surface area (Å²) < 4.78 is 0. The Balaban J connectivity index is 1.41. The summed E-state index contributed by atoms with van der Waals surface area (Å²) in [6.07, 6.45) is 2.01. The van der Waals surface area contributed by atoms with Crippen molar-refractivity contribution in [1.82, 2.24) is 15.2 Å². The third-order valence-corrected chi connectivity index (χ3v) is 5.53. The molecule has 1 aliphatic heterocycles. The molecule has 6 heteroatoms. The number of benzene rings is 2. The van der Waals surface area contributed by atoms with Crippen LogP contribution in [0.3, 0.4) is 0 Å². The van der Waals surface area contributed by atoms with Crippen molar-refractivity contribution >= 4 is 17.6 Å². The lowest BCUT2D eigenvalue weighted by molar-refractivity contribution is -0.132. The van der Waals surface area contributed by atoms with Gasteiger partial charge in [-0.25, -0.2) is 4.98 Å². The summed E-state index contributed by atoms with van der Waals surface area (Å²) in [5.74, 6) is 0.803. The SMILES string of the molecule is O=C(N[C@@H](CC(=O)N1CCN(c2ccccn2)CC1)c1ccccc1)c1ccccc1. The predicted molar refractivity (Wildman–Crippen MR) is 121 cm³/mol. The van der Waals surface area contributed by atoms with Crippen LogP contribution >= 0.6 is 0 Å². The van der Waals surface area contributed by atoms with E-state index >= 15 is 0 Å². The lowest BCUT2D eigenvalue weighted by Gasteiger charge is -2.36. The number of carbonyl (C=O) groups excluding carboxylic acids is 2. The van der Waals surface area contributed by atoms with Crippen molar-refractivity contribution in [2.45, 2.75) is 12.5 Å². The van der Waals surface area contributed by atoms with E-state index in [1.54, 1.807) is 18.3 Å². The first-order valence-electron chi connectivity index (χ1n) is 10.6. The maximum Gasteiger partial charge on any atom is 0.251 e. The first-order chi connectivity index (χ1) is 15.2. The quantitative estimate of drug-likeness (QED) is 0.672. The average molecular weight is 415 g/mol. The van der Waals surface area contributed by atoms with Gasteiger partial charge in [0.25, 0.3) is 5.91 Å². The topological polar surface area (TPSA) is 65.5 Å². The number of piperazine rings is 1. The Kier molecular flexibility index (Phi) is 6.57. The molecule has 2 heterocycles. The Morgan fingerprint density at radius 3 is 2.13 bits per heavy atom. The van der Waals surface area contributed by atoms with Crippen LogP contribution in [0, 0.1) is 0 Å². The van der Waals surface area contributed by atoms with E-state index in [1.807, 2.05) is 71.6 Å². The zero-order valence-corrected chi connectivity index (χ0v) is 17.4. The summed E-state index contributed by atoms with van der Waals surface area (Å²) >= 11 is 0. The zero-order chi connectivity index (χ0) is 21.5. The van der Waals surface area contributed by atoms with Crippen molar-refractivity contribution in [3.05, 3.63) is 96.2 Å². The highest BCUT2D eigenvalue weighted by molar-refractivity contribution is 5.94. The number of nitrogens with zero attached hydrogens (tertiary/aromatic N) is 3. The van der Waals surface area contributed by atoms with E-state index in [2.05, 4.69) is 15.2 Å². The largest absolute Gasteiger partial charge is 0.353 e. The summed E-state index contributed by atoms with van der Waals surface area (Å²) in [6.45, 7) is 2.78. The number of hydrogen-bond acceptors (Lipinski definition) is 4. The molecular formula is C25H26N4O2. The van der Waals surface area contributed by atoms with Gasteiger partial charge in [-0.2, -0.15) is 0 Å². The molecule has 2 aromatic carbocycles. The van der Waals surface area contributed by atoms with Gasteiger partial charge >= 0.3 is 0 Å². The summed E-state index contributed by atoms with van der Waals surface area (Å²) in [6, 6.07) is 24.2. The molecule has 0 bridgehead atoms. The van der Waals surface area contributed by atoms with Gasteiger partial charge in [0.15, 0.2) is 0 Å². The number of pyridine rings is 1. The van der Waals surface area contributed by atoms with Crippen LogP contribution in [0.5, 0.6) is 0 Å². The smallest absolute Gasteiger partial charge is 0.251 e. The number of hydrogen-bond donors (Lipinski definition) is 1. The maximum atomic E-state index is 13.1. The Morgan fingerprint density at radius 1 is 0.839 bits per heavy atom. The molecule has 4 rings (SSSR count). The molecule has 0 spiro atoms. The second-order valence-electron chi connectivity index (χ2n) is 7.56. The summed E-state index contributed by atoms with van der Waals surface area (Å²) in [5, 5.41) is 3.05. The lowest BCUT2D eigenvalue weighted by atomic mass is 10.0. The fourth-order valence-corrected chi connectivity index (χ4v) is 3.80. The van der Waals surface area contributed by atoms with Crippen molar-refractivity contribution in [2.75, 3.05) is 31.1 Å². The number of amides is 2. The van der Waals surface area contributed by atoms with Gasteiger partial charge in [0.05, 0.1) is 12.5 Å². The van der Waals surface area contributed by atoms with Crippen LogP contribution in [0.25, 0.3) is 0 Å². The van der Waals surface area contributed by atoms with Crippen molar-refractivity contribution < 1.29 is 9.59 Å². The molecule has 0 saturated carbocycles. The molecule has 0 radical (unpaired) electrons. The molecule has 6 nitrogen and oxygen atoms in total. The van der Waals surface area contributed by atoms with Crippen molar-refractivity contribution in [1.29, 1.82) is 0 Å². The van der Waals surface area contributed by atoms with Crippen molar-refractivity contribution in [3.8, 4) is 0 Å². The predicted octanol–water partition coefficient (Wildman–Crippen LogP) is 3.29. The Labute approximate surface area is 182 Å². The number of anilines is 1. The van der Waals surface area contributed by atoms with Crippen LogP contribution in [0.1, 0.15) is 28.4 Å². The van der Waals surface area contributed by atoms with Gasteiger partial charge in [0, 0.05) is 37.9 Å². The molecule has 1 atom stereocenters. The molecule has 0 aliphatic carbocycles. The zero-order valence-electron chi connectivity index (χ0n) is 17.4. The molecule has 1 fully saturated rings. The van der Waals surface area contributed by atoms with Crippen LogP contribution in [-0.4, -0.2) is 47.9 Å². The number of carbonyl (C=O) groups is 2. The lowest BCUT2D eigenvalue weighted by Crippen LogP contribution is -2.49. The molecule has 2 amide bonds. The minimum absolute atomic E-state index is 0.0443. The maximum absolute atomic E-state index is 13.1. The number of aromatic nitrogens is 1. The highest BCUT2D eigenvalue weighted by atomic mass is 16.2. The van der Waals surface area contributed by atoms with Gasteiger partial charge < -0.3 is 15.1 Å². The highest BCUT2D eigenvalue weighted by Gasteiger charge is 2.26. The van der Waals surface area contributed by atoms with Gasteiger partial charge in [0.1, 0.15) is 5.82 Å². The molecular weight excluding hydrogens is 388 g/mol. The minimum Gasteiger partial charge on any atom is -0.353 e. The van der Waals surface area contributed by atoms with E-state index in [0.29, 0.717) is 18.7 Å². The fraction of sp³-hybridized carbons (Fsp3) is 0.240. The Morgan fingerprint density at radius 2 is 1.48 bits per heavy atom. The highest BCUT2D eigenvalue weighted by Crippen LogP contribution is 2.20. The Bertz CT molecular complexity index is 988. The third kappa shape index (κ3) is 5.28. The fourth-order valence-electron chi connectivity index (χ4n) is 3.80. The second kappa shape index (κ2) is 9.89. The van der Waals surface area contributed by atoms with Crippen molar-refractivity contribution in [3.63, 3.8) is 0 Å². The summed E-state index contributed by atoms with van der Waals surface area (Å²) in [4.78, 5) is 34.3. The van der Waals surface area contributed by atoms with Crippen LogP contribution in [0.4, 0.5) is 5.82 Å². The molecule has 1 N–H and O–H groups in total. The minimum atomic E-state index is -0.379. The van der Waals surface area contributed by atoms with E-state index in [0.717, 1.165) is 24.5 Å². The van der Waals surface area contributed by atoms with E-state index in [-0.39, 0.29) is 24.3 Å². The van der Waals surface area contributed by atoms with Crippen LogP contribution in [0.15, 0.2) is 85.1 Å².